The maximum Gasteiger partial charge on any atom is 0.252 e. The first-order valence-electron chi connectivity index (χ1n) is 10.6. The third-order valence-corrected chi connectivity index (χ3v) is 5.69. The highest BCUT2D eigenvalue weighted by atomic mass is 16.1. The van der Waals surface area contributed by atoms with E-state index in [9.17, 15) is 4.79 Å². The molecule has 1 amide bonds. The van der Waals surface area contributed by atoms with Crippen LogP contribution in [0.25, 0.3) is 22.3 Å². The van der Waals surface area contributed by atoms with Crippen LogP contribution in [0.3, 0.4) is 0 Å². The minimum absolute atomic E-state index is 0.178. The summed E-state index contributed by atoms with van der Waals surface area (Å²) in [7, 11) is 0. The first-order chi connectivity index (χ1) is 15.2. The van der Waals surface area contributed by atoms with Crippen molar-refractivity contribution in [2.75, 3.05) is 18.0 Å². The molecule has 0 saturated carbocycles. The predicted octanol–water partition coefficient (Wildman–Crippen LogP) is 3.86. The van der Waals surface area contributed by atoms with Gasteiger partial charge in [-0.25, -0.2) is 15.0 Å². The molecule has 7 heteroatoms. The fraction of sp³-hybridized carbons (Fsp3) is 0.250. The van der Waals surface area contributed by atoms with E-state index in [4.69, 9.17) is 9.97 Å². The number of amides is 1. The number of hydrogen-bond donors (Lipinski definition) is 2. The summed E-state index contributed by atoms with van der Waals surface area (Å²) in [5.41, 5.74) is 3.38. The smallest absolute Gasteiger partial charge is 0.252 e. The molecule has 31 heavy (non-hydrogen) atoms. The largest absolute Gasteiger partial charge is 0.356 e. The molecular formula is C24H24N6O. The Bertz CT molecular complexity index is 1230. The van der Waals surface area contributed by atoms with Gasteiger partial charge in [-0.3, -0.25) is 4.79 Å². The van der Waals surface area contributed by atoms with Crippen LogP contribution in [0.5, 0.6) is 0 Å². The standard InChI is InChI=1S/C24H24N6O/c1-16-7-6-10-19-21(16)28-20(29-23(19)30-13-4-5-14-30)15-27-24(31)18-9-3-2-8-17(18)22-25-11-12-26-22/h2-3,6-12H,4-5,13-15H2,1H3,(H,25,26)(H,27,31). The fourth-order valence-corrected chi connectivity index (χ4v) is 4.13. The van der Waals surface area contributed by atoms with Gasteiger partial charge < -0.3 is 15.2 Å². The van der Waals surface area contributed by atoms with Gasteiger partial charge in [-0.1, -0.05) is 30.3 Å². The number of anilines is 1. The van der Waals surface area contributed by atoms with Gasteiger partial charge in [0.2, 0.25) is 0 Å². The van der Waals surface area contributed by atoms with Crippen molar-refractivity contribution in [3.05, 3.63) is 71.8 Å². The Morgan fingerprint density at radius 2 is 1.94 bits per heavy atom. The van der Waals surface area contributed by atoms with Crippen molar-refractivity contribution in [2.45, 2.75) is 26.3 Å². The minimum atomic E-state index is -0.178. The number of aromatic nitrogens is 4. The highest BCUT2D eigenvalue weighted by Gasteiger charge is 2.19. The molecule has 1 aliphatic rings. The number of imidazole rings is 1. The SMILES string of the molecule is Cc1cccc2c(N3CCCC3)nc(CNC(=O)c3ccccc3-c3ncc[nH]3)nc12. The summed E-state index contributed by atoms with van der Waals surface area (Å²) in [4.78, 5) is 32.3. The summed E-state index contributed by atoms with van der Waals surface area (Å²) in [5.74, 6) is 2.07. The van der Waals surface area contributed by atoms with Gasteiger partial charge in [0.1, 0.15) is 11.6 Å². The van der Waals surface area contributed by atoms with E-state index in [1.54, 1.807) is 18.5 Å². The van der Waals surface area contributed by atoms with Crippen molar-refractivity contribution in [2.24, 2.45) is 0 Å². The first kappa shape index (κ1) is 19.2. The Morgan fingerprint density at radius 1 is 1.10 bits per heavy atom. The summed E-state index contributed by atoms with van der Waals surface area (Å²) < 4.78 is 0. The number of H-pyrrole nitrogens is 1. The van der Waals surface area contributed by atoms with Gasteiger partial charge in [-0.2, -0.15) is 0 Å². The summed E-state index contributed by atoms with van der Waals surface area (Å²) >= 11 is 0. The van der Waals surface area contributed by atoms with E-state index in [0.29, 0.717) is 17.2 Å². The van der Waals surface area contributed by atoms with Crippen LogP contribution in [0, 0.1) is 6.92 Å². The normalized spacial score (nSPS) is 13.6. The molecular weight excluding hydrogens is 388 g/mol. The first-order valence-corrected chi connectivity index (χ1v) is 10.6. The highest BCUT2D eigenvalue weighted by Crippen LogP contribution is 2.28. The molecule has 1 aliphatic heterocycles. The zero-order chi connectivity index (χ0) is 21.2. The second kappa shape index (κ2) is 8.18. The second-order valence-corrected chi connectivity index (χ2v) is 7.79. The zero-order valence-electron chi connectivity index (χ0n) is 17.4. The van der Waals surface area contributed by atoms with Crippen molar-refractivity contribution in [1.29, 1.82) is 0 Å². The summed E-state index contributed by atoms with van der Waals surface area (Å²) in [6, 6.07) is 13.6. The fourth-order valence-electron chi connectivity index (χ4n) is 4.13. The number of para-hydroxylation sites is 1. The number of carbonyl (C=O) groups is 1. The molecule has 2 aromatic heterocycles. The summed E-state index contributed by atoms with van der Waals surface area (Å²) in [5, 5.41) is 4.07. The van der Waals surface area contributed by atoms with Gasteiger partial charge in [0.25, 0.3) is 5.91 Å². The molecule has 2 N–H and O–H groups in total. The number of fused-ring (bicyclic) bond motifs is 1. The average Bonchev–Trinajstić information content (AvgIpc) is 3.52. The molecule has 0 radical (unpaired) electrons. The molecule has 1 fully saturated rings. The lowest BCUT2D eigenvalue weighted by Crippen LogP contribution is -2.26. The minimum Gasteiger partial charge on any atom is -0.356 e. The van der Waals surface area contributed by atoms with Crippen LogP contribution in [0.2, 0.25) is 0 Å². The van der Waals surface area contributed by atoms with Crippen LogP contribution in [0.15, 0.2) is 54.9 Å². The lowest BCUT2D eigenvalue weighted by Gasteiger charge is -2.20. The maximum atomic E-state index is 13.0. The molecule has 3 heterocycles. The number of nitrogens with zero attached hydrogens (tertiary/aromatic N) is 4. The van der Waals surface area contributed by atoms with Crippen molar-refractivity contribution in [3.8, 4) is 11.4 Å². The van der Waals surface area contributed by atoms with Crippen LogP contribution in [-0.4, -0.2) is 38.9 Å². The van der Waals surface area contributed by atoms with E-state index >= 15 is 0 Å². The Balaban J connectivity index is 1.44. The van der Waals surface area contributed by atoms with Gasteiger partial charge in [0.15, 0.2) is 5.82 Å². The molecule has 1 saturated heterocycles. The molecule has 2 aromatic carbocycles. The number of aromatic amines is 1. The molecule has 4 aromatic rings. The van der Waals surface area contributed by atoms with E-state index in [0.717, 1.165) is 40.9 Å². The van der Waals surface area contributed by atoms with Crippen LogP contribution in [0.1, 0.15) is 34.6 Å². The van der Waals surface area contributed by atoms with Gasteiger partial charge in [0.05, 0.1) is 17.6 Å². The van der Waals surface area contributed by atoms with Crippen LogP contribution in [0.4, 0.5) is 5.82 Å². The Hall–Kier alpha value is -3.74. The van der Waals surface area contributed by atoms with Gasteiger partial charge >= 0.3 is 0 Å². The van der Waals surface area contributed by atoms with E-state index in [1.165, 1.54) is 12.8 Å². The van der Waals surface area contributed by atoms with Gasteiger partial charge in [-0.05, 0) is 37.5 Å². The number of benzene rings is 2. The van der Waals surface area contributed by atoms with Crippen molar-refractivity contribution >= 4 is 22.6 Å². The number of nitrogens with one attached hydrogen (secondary N) is 2. The molecule has 0 atom stereocenters. The molecule has 5 rings (SSSR count). The van der Waals surface area contributed by atoms with E-state index in [2.05, 4.69) is 39.2 Å². The topological polar surface area (TPSA) is 86.8 Å². The number of hydrogen-bond acceptors (Lipinski definition) is 5. The number of rotatable bonds is 5. The second-order valence-electron chi connectivity index (χ2n) is 7.79. The average molecular weight is 412 g/mol. The molecule has 0 unspecified atom stereocenters. The van der Waals surface area contributed by atoms with Gasteiger partial charge in [-0.15, -0.1) is 0 Å². The third-order valence-electron chi connectivity index (χ3n) is 5.69. The van der Waals surface area contributed by atoms with Crippen LogP contribution in [-0.2, 0) is 6.54 Å². The highest BCUT2D eigenvalue weighted by molar-refractivity contribution is 6.00. The Labute approximate surface area is 180 Å². The lowest BCUT2D eigenvalue weighted by atomic mass is 10.1. The maximum absolute atomic E-state index is 13.0. The number of aryl methyl sites for hydroxylation is 1. The third kappa shape index (κ3) is 3.74. The quantitative estimate of drug-likeness (QED) is 0.520. The molecule has 0 spiro atoms. The monoisotopic (exact) mass is 412 g/mol. The Kier molecular flexibility index (Phi) is 5.08. The molecule has 0 bridgehead atoms. The predicted molar refractivity (Wildman–Crippen MR) is 121 cm³/mol. The van der Waals surface area contributed by atoms with Crippen molar-refractivity contribution < 1.29 is 4.79 Å². The zero-order valence-corrected chi connectivity index (χ0v) is 17.4. The Morgan fingerprint density at radius 3 is 2.74 bits per heavy atom. The van der Waals surface area contributed by atoms with Crippen LogP contribution < -0.4 is 10.2 Å². The van der Waals surface area contributed by atoms with E-state index in [1.807, 2.05) is 24.3 Å². The summed E-state index contributed by atoms with van der Waals surface area (Å²) in [6.45, 7) is 4.33. The van der Waals surface area contributed by atoms with E-state index in [-0.39, 0.29) is 12.5 Å². The van der Waals surface area contributed by atoms with Crippen LogP contribution >= 0.6 is 0 Å². The van der Waals surface area contributed by atoms with Gasteiger partial charge in [0, 0.05) is 36.4 Å². The number of carbonyl (C=O) groups excluding carboxylic acids is 1. The van der Waals surface area contributed by atoms with Crippen molar-refractivity contribution in [3.63, 3.8) is 0 Å². The van der Waals surface area contributed by atoms with E-state index < -0.39 is 0 Å². The lowest BCUT2D eigenvalue weighted by molar-refractivity contribution is 0.0950. The van der Waals surface area contributed by atoms with Crippen molar-refractivity contribution in [1.82, 2.24) is 25.3 Å². The molecule has 7 nitrogen and oxygen atoms in total. The molecule has 156 valence electrons. The summed E-state index contributed by atoms with van der Waals surface area (Å²) in [6.07, 6.45) is 5.77. The molecule has 0 aliphatic carbocycles.